The molecule has 0 heterocycles. The second kappa shape index (κ2) is 12.6. The van der Waals surface area contributed by atoms with Crippen molar-refractivity contribution in [3.63, 3.8) is 0 Å². The molecule has 0 aliphatic carbocycles. The Morgan fingerprint density at radius 1 is 1.16 bits per heavy atom. The first-order valence-electron chi connectivity index (χ1n) is 9.02. The van der Waals surface area contributed by atoms with Crippen LogP contribution in [0.4, 0.5) is 5.69 Å². The molecule has 1 rings (SSSR count). The average Bonchev–Trinajstić information content (AvgIpc) is 2.60. The number of nitrogens with zero attached hydrogens (tertiary/aromatic N) is 3. The van der Waals surface area contributed by atoms with Gasteiger partial charge in [-0.1, -0.05) is 12.1 Å². The highest BCUT2D eigenvalue weighted by atomic mass is 16.5. The van der Waals surface area contributed by atoms with Crippen LogP contribution < -0.4 is 15.5 Å². The highest BCUT2D eigenvalue weighted by Gasteiger charge is 2.02. The molecule has 0 amide bonds. The highest BCUT2D eigenvalue weighted by Crippen LogP contribution is 2.13. The van der Waals surface area contributed by atoms with Gasteiger partial charge in [-0.25, -0.2) is 4.99 Å². The Kier molecular flexibility index (Phi) is 10.7. The number of benzene rings is 1. The lowest BCUT2D eigenvalue weighted by Crippen LogP contribution is -2.41. The Morgan fingerprint density at radius 3 is 2.64 bits per heavy atom. The topological polar surface area (TPSA) is 52.1 Å². The van der Waals surface area contributed by atoms with E-state index in [-0.39, 0.29) is 0 Å². The minimum atomic E-state index is 0.667. The normalized spacial score (nSPS) is 11.7. The first-order valence-corrected chi connectivity index (χ1v) is 9.02. The summed E-state index contributed by atoms with van der Waals surface area (Å²) in [5.74, 6) is 0.864. The SMILES string of the molecule is CCNC(=NCc1cccc(N(C)C)c1)NCCN(C)CCCOC. The predicted octanol–water partition coefficient (Wildman–Crippen LogP) is 1.78. The van der Waals surface area contributed by atoms with Crippen molar-refractivity contribution in [2.24, 2.45) is 4.99 Å². The van der Waals surface area contributed by atoms with Crippen LogP contribution >= 0.6 is 0 Å². The molecule has 0 spiro atoms. The van der Waals surface area contributed by atoms with Crippen LogP contribution in [0.3, 0.4) is 0 Å². The lowest BCUT2D eigenvalue weighted by molar-refractivity contribution is 0.180. The van der Waals surface area contributed by atoms with E-state index in [0.29, 0.717) is 6.54 Å². The van der Waals surface area contributed by atoms with Crippen LogP contribution in [0.1, 0.15) is 18.9 Å². The van der Waals surface area contributed by atoms with Crippen molar-refractivity contribution in [1.29, 1.82) is 0 Å². The number of methoxy groups -OCH3 is 1. The number of likely N-dealkylation sites (N-methyl/N-ethyl adjacent to an activating group) is 1. The maximum Gasteiger partial charge on any atom is 0.191 e. The molecule has 142 valence electrons. The summed E-state index contributed by atoms with van der Waals surface area (Å²) in [5, 5.41) is 6.71. The predicted molar refractivity (Wildman–Crippen MR) is 108 cm³/mol. The molecule has 0 fully saturated rings. The minimum absolute atomic E-state index is 0.667. The van der Waals surface area contributed by atoms with Crippen molar-refractivity contribution < 1.29 is 4.74 Å². The number of aliphatic imine (C=N–C) groups is 1. The van der Waals surface area contributed by atoms with E-state index in [1.807, 2.05) is 0 Å². The van der Waals surface area contributed by atoms with Gasteiger partial charge in [-0.15, -0.1) is 0 Å². The summed E-state index contributed by atoms with van der Waals surface area (Å²) >= 11 is 0. The van der Waals surface area contributed by atoms with Gasteiger partial charge >= 0.3 is 0 Å². The maximum atomic E-state index is 5.09. The van der Waals surface area contributed by atoms with Gasteiger partial charge in [0.15, 0.2) is 5.96 Å². The monoisotopic (exact) mass is 349 g/mol. The fourth-order valence-corrected chi connectivity index (χ4v) is 2.40. The van der Waals surface area contributed by atoms with E-state index >= 15 is 0 Å². The summed E-state index contributed by atoms with van der Waals surface area (Å²) in [6.07, 6.45) is 1.06. The van der Waals surface area contributed by atoms with Gasteiger partial charge in [0.05, 0.1) is 6.54 Å². The highest BCUT2D eigenvalue weighted by molar-refractivity contribution is 5.79. The lowest BCUT2D eigenvalue weighted by atomic mass is 10.2. The number of anilines is 1. The van der Waals surface area contributed by atoms with E-state index in [1.165, 1.54) is 11.3 Å². The molecule has 25 heavy (non-hydrogen) atoms. The van der Waals surface area contributed by atoms with Crippen LogP contribution in [0.2, 0.25) is 0 Å². The number of nitrogens with one attached hydrogen (secondary N) is 2. The van der Waals surface area contributed by atoms with Crippen LogP contribution in [-0.4, -0.2) is 71.9 Å². The first kappa shape index (κ1) is 21.3. The van der Waals surface area contributed by atoms with Crippen molar-refractivity contribution in [1.82, 2.24) is 15.5 Å². The van der Waals surface area contributed by atoms with E-state index in [9.17, 15) is 0 Å². The summed E-state index contributed by atoms with van der Waals surface area (Å²) in [5.41, 5.74) is 2.41. The number of rotatable bonds is 11. The molecule has 0 saturated heterocycles. The molecule has 1 aromatic rings. The molecular weight excluding hydrogens is 314 g/mol. The summed E-state index contributed by atoms with van der Waals surface area (Å²) < 4.78 is 5.09. The molecule has 0 saturated carbocycles. The minimum Gasteiger partial charge on any atom is -0.385 e. The van der Waals surface area contributed by atoms with Crippen LogP contribution in [0.5, 0.6) is 0 Å². The molecule has 0 aromatic heterocycles. The zero-order valence-electron chi connectivity index (χ0n) is 16.5. The molecule has 0 radical (unpaired) electrons. The molecule has 0 aliphatic rings. The zero-order valence-corrected chi connectivity index (χ0v) is 16.5. The smallest absolute Gasteiger partial charge is 0.191 e. The third-order valence-electron chi connectivity index (χ3n) is 3.87. The van der Waals surface area contributed by atoms with E-state index in [0.717, 1.165) is 45.2 Å². The van der Waals surface area contributed by atoms with E-state index in [1.54, 1.807) is 7.11 Å². The molecule has 0 unspecified atom stereocenters. The Morgan fingerprint density at radius 2 is 1.96 bits per heavy atom. The Labute approximate surface area is 153 Å². The van der Waals surface area contributed by atoms with Crippen molar-refractivity contribution in [2.45, 2.75) is 19.9 Å². The second-order valence-electron chi connectivity index (χ2n) is 6.34. The molecule has 0 bridgehead atoms. The molecule has 1 aromatic carbocycles. The largest absolute Gasteiger partial charge is 0.385 e. The van der Waals surface area contributed by atoms with Crippen molar-refractivity contribution in [3.05, 3.63) is 29.8 Å². The Balaban J connectivity index is 2.47. The van der Waals surface area contributed by atoms with Crippen LogP contribution in [0.15, 0.2) is 29.3 Å². The van der Waals surface area contributed by atoms with E-state index in [4.69, 9.17) is 9.73 Å². The third-order valence-corrected chi connectivity index (χ3v) is 3.87. The van der Waals surface area contributed by atoms with Crippen LogP contribution in [0, 0.1) is 0 Å². The third kappa shape index (κ3) is 9.31. The van der Waals surface area contributed by atoms with Crippen molar-refractivity contribution in [3.8, 4) is 0 Å². The molecule has 2 N–H and O–H groups in total. The lowest BCUT2D eigenvalue weighted by Gasteiger charge is -2.18. The summed E-state index contributed by atoms with van der Waals surface area (Å²) in [7, 11) is 7.98. The number of hydrogen-bond donors (Lipinski definition) is 2. The van der Waals surface area contributed by atoms with Gasteiger partial charge in [0.1, 0.15) is 0 Å². The quantitative estimate of drug-likeness (QED) is 0.362. The van der Waals surface area contributed by atoms with E-state index < -0.39 is 0 Å². The summed E-state index contributed by atoms with van der Waals surface area (Å²) in [6, 6.07) is 8.48. The van der Waals surface area contributed by atoms with Crippen molar-refractivity contribution >= 4 is 11.6 Å². The summed E-state index contributed by atoms with van der Waals surface area (Å²) in [4.78, 5) is 9.10. The average molecular weight is 350 g/mol. The first-order chi connectivity index (χ1) is 12.1. The van der Waals surface area contributed by atoms with Gasteiger partial charge in [0.2, 0.25) is 0 Å². The van der Waals surface area contributed by atoms with Crippen molar-refractivity contribution in [2.75, 3.05) is 65.9 Å². The number of hydrogen-bond acceptors (Lipinski definition) is 4. The number of ether oxygens (including phenoxy) is 1. The van der Waals surface area contributed by atoms with E-state index in [2.05, 4.69) is 72.8 Å². The molecule has 6 nitrogen and oxygen atoms in total. The van der Waals surface area contributed by atoms with Crippen LogP contribution in [-0.2, 0) is 11.3 Å². The van der Waals surface area contributed by atoms with Gasteiger partial charge in [-0.2, -0.15) is 0 Å². The Hall–Kier alpha value is -1.79. The standard InChI is InChI=1S/C19H35N5O/c1-6-20-19(21-11-13-24(4)12-8-14-25-5)22-16-17-9-7-10-18(15-17)23(2)3/h7,9-10,15H,6,8,11-14,16H2,1-5H3,(H2,20,21,22). The van der Waals surface area contributed by atoms with Gasteiger partial charge < -0.3 is 25.2 Å². The molecule has 6 heteroatoms. The Bertz CT molecular complexity index is 504. The zero-order chi connectivity index (χ0) is 18.5. The fraction of sp³-hybridized carbons (Fsp3) is 0.632. The molecular formula is C19H35N5O. The van der Waals surface area contributed by atoms with Gasteiger partial charge in [-0.05, 0) is 38.1 Å². The van der Waals surface area contributed by atoms with Crippen LogP contribution in [0.25, 0.3) is 0 Å². The van der Waals surface area contributed by atoms with Gasteiger partial charge in [0, 0.05) is 59.7 Å². The van der Waals surface area contributed by atoms with Gasteiger partial charge in [-0.3, -0.25) is 0 Å². The second-order valence-corrected chi connectivity index (χ2v) is 6.34. The fourth-order valence-electron chi connectivity index (χ4n) is 2.40. The summed E-state index contributed by atoms with van der Waals surface area (Å²) in [6.45, 7) is 7.31. The maximum absolute atomic E-state index is 5.09. The number of guanidine groups is 1. The molecule has 0 aliphatic heterocycles. The molecule has 0 atom stereocenters. The van der Waals surface area contributed by atoms with Gasteiger partial charge in [0.25, 0.3) is 0 Å².